The Balaban J connectivity index is 1.63. The number of carbonyl (C=O) groups is 2. The van der Waals surface area contributed by atoms with Gasteiger partial charge in [0.2, 0.25) is 5.91 Å². The largest absolute Gasteiger partial charge is 0.465 e. The van der Waals surface area contributed by atoms with Crippen LogP contribution in [0.25, 0.3) is 0 Å². The molecule has 0 aliphatic rings. The van der Waals surface area contributed by atoms with Crippen molar-refractivity contribution in [3.8, 4) is 11.8 Å². The van der Waals surface area contributed by atoms with Crippen LogP contribution in [0.4, 0.5) is 5.69 Å². The molecule has 0 saturated heterocycles. The Bertz CT molecular complexity index is 1090. The van der Waals surface area contributed by atoms with E-state index in [1.54, 1.807) is 29.1 Å². The van der Waals surface area contributed by atoms with Gasteiger partial charge in [0.25, 0.3) is 0 Å². The average Bonchev–Trinajstić information content (AvgIpc) is 3.16. The van der Waals surface area contributed by atoms with Gasteiger partial charge in [-0.1, -0.05) is 24.0 Å². The van der Waals surface area contributed by atoms with E-state index >= 15 is 0 Å². The third-order valence-electron chi connectivity index (χ3n) is 4.18. The lowest BCUT2D eigenvalue weighted by Crippen LogP contribution is -2.12. The minimum absolute atomic E-state index is 0.0651. The zero-order valence-electron chi connectivity index (χ0n) is 16.3. The van der Waals surface area contributed by atoms with Crippen LogP contribution in [0.3, 0.4) is 0 Å². The Hall–Kier alpha value is -3.85. The zero-order valence-corrected chi connectivity index (χ0v) is 16.3. The van der Waals surface area contributed by atoms with E-state index in [1.165, 1.54) is 7.11 Å². The zero-order chi connectivity index (χ0) is 20.6. The van der Waals surface area contributed by atoms with E-state index < -0.39 is 5.97 Å². The quantitative estimate of drug-likeness (QED) is 0.539. The van der Waals surface area contributed by atoms with E-state index in [9.17, 15) is 9.59 Å². The monoisotopic (exact) mass is 387 g/mol. The number of nitrogens with zero attached hydrogens (tertiary/aromatic N) is 2. The molecule has 0 atom stereocenters. The van der Waals surface area contributed by atoms with Crippen molar-refractivity contribution in [1.82, 2.24) is 9.78 Å². The van der Waals surface area contributed by atoms with Crippen LogP contribution < -0.4 is 5.32 Å². The van der Waals surface area contributed by atoms with Gasteiger partial charge in [-0.3, -0.25) is 9.48 Å². The third-order valence-corrected chi connectivity index (χ3v) is 4.18. The van der Waals surface area contributed by atoms with Crippen LogP contribution in [0.1, 0.15) is 33.5 Å². The summed E-state index contributed by atoms with van der Waals surface area (Å²) in [5, 5.41) is 6.99. The summed E-state index contributed by atoms with van der Waals surface area (Å²) in [7, 11) is 3.19. The number of rotatable bonds is 5. The number of aryl methyl sites for hydroxylation is 2. The standard InChI is InChI=1S/C23H21N3O3/c1-26-16-19(15-24-26)11-12-22(27)25-21-8-4-6-18(14-21)10-9-17-5-3-7-20(13-17)23(28)29-2/h3-8,13-16H,11-12H2,1-2H3,(H,25,27). The Morgan fingerprint density at radius 1 is 1.10 bits per heavy atom. The highest BCUT2D eigenvalue weighted by Gasteiger charge is 2.06. The molecular formula is C23H21N3O3. The lowest BCUT2D eigenvalue weighted by molar-refractivity contribution is -0.116. The molecule has 0 radical (unpaired) electrons. The second kappa shape index (κ2) is 9.38. The van der Waals surface area contributed by atoms with Gasteiger partial charge in [0.05, 0.1) is 18.9 Å². The summed E-state index contributed by atoms with van der Waals surface area (Å²) in [4.78, 5) is 23.8. The highest BCUT2D eigenvalue weighted by Crippen LogP contribution is 2.12. The Labute approximate surface area is 169 Å². The SMILES string of the molecule is COC(=O)c1cccc(C#Cc2cccc(NC(=O)CCc3cnn(C)c3)c2)c1. The Morgan fingerprint density at radius 3 is 2.52 bits per heavy atom. The maximum Gasteiger partial charge on any atom is 0.337 e. The summed E-state index contributed by atoms with van der Waals surface area (Å²) in [6.45, 7) is 0. The van der Waals surface area contributed by atoms with Crippen LogP contribution in [0.15, 0.2) is 60.9 Å². The number of methoxy groups -OCH3 is 1. The van der Waals surface area contributed by atoms with Crippen molar-refractivity contribution in [2.75, 3.05) is 12.4 Å². The van der Waals surface area contributed by atoms with Crippen LogP contribution in [-0.4, -0.2) is 28.8 Å². The molecule has 146 valence electrons. The molecule has 6 nitrogen and oxygen atoms in total. The number of ether oxygens (including phenoxy) is 1. The van der Waals surface area contributed by atoms with Crippen molar-refractivity contribution in [2.45, 2.75) is 12.8 Å². The van der Waals surface area contributed by atoms with E-state index in [-0.39, 0.29) is 5.91 Å². The van der Waals surface area contributed by atoms with E-state index in [2.05, 4.69) is 22.3 Å². The number of nitrogens with one attached hydrogen (secondary N) is 1. The number of anilines is 1. The highest BCUT2D eigenvalue weighted by molar-refractivity contribution is 5.91. The minimum Gasteiger partial charge on any atom is -0.465 e. The molecular weight excluding hydrogens is 366 g/mol. The van der Waals surface area contributed by atoms with Gasteiger partial charge in [-0.05, 0) is 48.4 Å². The topological polar surface area (TPSA) is 73.2 Å². The van der Waals surface area contributed by atoms with Crippen LogP contribution in [-0.2, 0) is 23.0 Å². The number of hydrogen-bond acceptors (Lipinski definition) is 4. The van der Waals surface area contributed by atoms with Crippen molar-refractivity contribution in [1.29, 1.82) is 0 Å². The fourth-order valence-electron chi connectivity index (χ4n) is 2.74. The number of esters is 1. The molecule has 1 amide bonds. The summed E-state index contributed by atoms with van der Waals surface area (Å²) in [6.07, 6.45) is 4.68. The average molecular weight is 387 g/mol. The van der Waals surface area contributed by atoms with Crippen molar-refractivity contribution < 1.29 is 14.3 Å². The smallest absolute Gasteiger partial charge is 0.337 e. The van der Waals surface area contributed by atoms with Gasteiger partial charge in [0, 0.05) is 36.5 Å². The first kappa shape index (κ1) is 19.9. The highest BCUT2D eigenvalue weighted by atomic mass is 16.5. The molecule has 3 rings (SSSR count). The number of carbonyl (C=O) groups excluding carboxylic acids is 2. The molecule has 0 unspecified atom stereocenters. The second-order valence-corrected chi connectivity index (χ2v) is 6.47. The summed E-state index contributed by atoms with van der Waals surface area (Å²) >= 11 is 0. The number of benzene rings is 2. The van der Waals surface area contributed by atoms with E-state index in [0.717, 1.165) is 11.1 Å². The van der Waals surface area contributed by atoms with Crippen molar-refractivity contribution in [3.63, 3.8) is 0 Å². The molecule has 1 heterocycles. The number of aromatic nitrogens is 2. The predicted molar refractivity (Wildman–Crippen MR) is 110 cm³/mol. The molecule has 2 aromatic carbocycles. The number of hydrogen-bond donors (Lipinski definition) is 1. The molecule has 0 aliphatic heterocycles. The molecule has 3 aromatic rings. The van der Waals surface area contributed by atoms with Gasteiger partial charge in [-0.25, -0.2) is 4.79 Å². The molecule has 0 spiro atoms. The first-order valence-electron chi connectivity index (χ1n) is 9.11. The van der Waals surface area contributed by atoms with Crippen LogP contribution >= 0.6 is 0 Å². The van der Waals surface area contributed by atoms with Gasteiger partial charge < -0.3 is 10.1 Å². The molecule has 0 aliphatic carbocycles. The fourth-order valence-corrected chi connectivity index (χ4v) is 2.74. The van der Waals surface area contributed by atoms with E-state index in [4.69, 9.17) is 4.74 Å². The van der Waals surface area contributed by atoms with Crippen molar-refractivity contribution >= 4 is 17.6 Å². The van der Waals surface area contributed by atoms with Gasteiger partial charge in [-0.2, -0.15) is 5.10 Å². The summed E-state index contributed by atoms with van der Waals surface area (Å²) < 4.78 is 6.44. The van der Waals surface area contributed by atoms with Crippen molar-refractivity contribution in [2.24, 2.45) is 7.05 Å². The molecule has 0 saturated carbocycles. The van der Waals surface area contributed by atoms with Gasteiger partial charge in [-0.15, -0.1) is 0 Å². The lowest BCUT2D eigenvalue weighted by atomic mass is 10.1. The van der Waals surface area contributed by atoms with E-state index in [0.29, 0.717) is 29.7 Å². The maximum absolute atomic E-state index is 12.2. The summed E-state index contributed by atoms with van der Waals surface area (Å²) in [5.41, 5.74) is 3.64. The molecule has 6 heteroatoms. The van der Waals surface area contributed by atoms with Crippen molar-refractivity contribution in [3.05, 3.63) is 83.2 Å². The predicted octanol–water partition coefficient (Wildman–Crippen LogP) is 3.18. The summed E-state index contributed by atoms with van der Waals surface area (Å²) in [6, 6.07) is 14.3. The number of amides is 1. The minimum atomic E-state index is -0.398. The normalized spacial score (nSPS) is 10.0. The van der Waals surface area contributed by atoms with Crippen LogP contribution in [0.2, 0.25) is 0 Å². The lowest BCUT2D eigenvalue weighted by Gasteiger charge is -2.05. The van der Waals surface area contributed by atoms with Gasteiger partial charge in [0.1, 0.15) is 0 Å². The first-order chi connectivity index (χ1) is 14.0. The van der Waals surface area contributed by atoms with Crippen LogP contribution in [0, 0.1) is 11.8 Å². The van der Waals surface area contributed by atoms with E-state index in [1.807, 2.05) is 43.6 Å². The molecule has 1 aromatic heterocycles. The Kier molecular flexibility index (Phi) is 6.43. The third kappa shape index (κ3) is 5.81. The summed E-state index contributed by atoms with van der Waals surface area (Å²) in [5.74, 6) is 5.62. The maximum atomic E-state index is 12.2. The van der Waals surface area contributed by atoms with Crippen LogP contribution in [0.5, 0.6) is 0 Å². The second-order valence-electron chi connectivity index (χ2n) is 6.47. The fraction of sp³-hybridized carbons (Fsp3) is 0.174. The first-order valence-corrected chi connectivity index (χ1v) is 9.11. The molecule has 0 bridgehead atoms. The van der Waals surface area contributed by atoms with Gasteiger partial charge >= 0.3 is 5.97 Å². The molecule has 1 N–H and O–H groups in total. The Morgan fingerprint density at radius 2 is 1.83 bits per heavy atom. The van der Waals surface area contributed by atoms with Gasteiger partial charge in [0.15, 0.2) is 0 Å². The molecule has 29 heavy (non-hydrogen) atoms. The molecule has 0 fully saturated rings.